The molecule has 0 radical (unpaired) electrons. The van der Waals surface area contributed by atoms with E-state index in [0.717, 1.165) is 0 Å². The number of hydrogen-bond acceptors (Lipinski definition) is 6. The summed E-state index contributed by atoms with van der Waals surface area (Å²) in [5.74, 6) is -0.0130. The van der Waals surface area contributed by atoms with Gasteiger partial charge in [0.15, 0.2) is 12.2 Å². The van der Waals surface area contributed by atoms with Gasteiger partial charge in [0.25, 0.3) is 0 Å². The lowest BCUT2D eigenvalue weighted by molar-refractivity contribution is -0.136. The fraction of sp³-hybridized carbons (Fsp3) is 0.235. The molecule has 1 aliphatic heterocycles. The van der Waals surface area contributed by atoms with Crippen LogP contribution in [0.4, 0.5) is 4.39 Å². The third-order valence-corrected chi connectivity index (χ3v) is 4.20. The number of nitrogens with zero attached hydrogens (tertiary/aromatic N) is 2. The van der Waals surface area contributed by atoms with E-state index in [4.69, 9.17) is 20.8 Å². The van der Waals surface area contributed by atoms with Crippen molar-refractivity contribution in [2.24, 2.45) is 4.99 Å². The van der Waals surface area contributed by atoms with Crippen molar-refractivity contribution in [3.05, 3.63) is 63.7 Å². The van der Waals surface area contributed by atoms with E-state index >= 15 is 0 Å². The number of aromatic nitrogens is 1. The Bertz CT molecular complexity index is 904. The van der Waals surface area contributed by atoms with E-state index in [1.807, 2.05) is 0 Å². The summed E-state index contributed by atoms with van der Waals surface area (Å²) in [6.07, 6.45) is 1.31. The minimum atomic E-state index is -0.757. The summed E-state index contributed by atoms with van der Waals surface area (Å²) in [6.45, 7) is 3.47. The van der Waals surface area contributed by atoms with Crippen LogP contribution in [0.15, 0.2) is 45.3 Å². The molecule has 3 rings (SSSR count). The van der Waals surface area contributed by atoms with E-state index in [1.54, 1.807) is 13.8 Å². The van der Waals surface area contributed by atoms with E-state index < -0.39 is 17.8 Å². The van der Waals surface area contributed by atoms with Gasteiger partial charge in [-0.05, 0) is 26.0 Å². The molecule has 130 valence electrons. The predicted octanol–water partition coefficient (Wildman–Crippen LogP) is 3.31. The van der Waals surface area contributed by atoms with Crippen LogP contribution in [0.5, 0.6) is 0 Å². The fourth-order valence-corrected chi connectivity index (χ4v) is 2.92. The number of nitrogens with one attached hydrogen (secondary N) is 1. The highest BCUT2D eigenvalue weighted by atomic mass is 35.5. The molecule has 1 atom stereocenters. The molecule has 0 aliphatic carbocycles. The van der Waals surface area contributed by atoms with Crippen LogP contribution < -0.4 is 5.32 Å². The Morgan fingerprint density at radius 3 is 2.76 bits per heavy atom. The van der Waals surface area contributed by atoms with Crippen LogP contribution in [-0.4, -0.2) is 23.9 Å². The van der Waals surface area contributed by atoms with Crippen molar-refractivity contribution in [1.29, 1.82) is 0 Å². The summed E-state index contributed by atoms with van der Waals surface area (Å²) >= 11 is 6.19. The summed E-state index contributed by atoms with van der Waals surface area (Å²) < 4.78 is 23.5. The first-order valence-corrected chi connectivity index (χ1v) is 7.79. The Hall–Kier alpha value is -2.67. The average molecular weight is 364 g/mol. The number of rotatable bonds is 3. The van der Waals surface area contributed by atoms with Crippen LogP contribution in [0, 0.1) is 12.7 Å². The van der Waals surface area contributed by atoms with Crippen molar-refractivity contribution in [3.8, 4) is 0 Å². The number of oxazole rings is 1. The number of amidine groups is 1. The zero-order valence-electron chi connectivity index (χ0n) is 13.8. The molecule has 0 fully saturated rings. The standard InChI is InChI=1S/C17H15ClFN3O3/c1-8-13(17(23)24-3)15(11-5-4-10(19)6-12(11)18)22-16(21-8)14-9(2)25-7-20-14/h4-7,15H,1-3H3,(H,21,22)/t15-/m1/s1. The number of hydrogen-bond donors (Lipinski definition) is 1. The maximum atomic E-state index is 13.4. The quantitative estimate of drug-likeness (QED) is 0.846. The third kappa shape index (κ3) is 3.15. The van der Waals surface area contributed by atoms with Gasteiger partial charge in [0.2, 0.25) is 0 Å². The van der Waals surface area contributed by atoms with Gasteiger partial charge in [0, 0.05) is 16.3 Å². The molecule has 0 saturated carbocycles. The molecule has 1 aliphatic rings. The lowest BCUT2D eigenvalue weighted by atomic mass is 9.95. The van der Waals surface area contributed by atoms with E-state index in [0.29, 0.717) is 34.1 Å². The molecule has 1 aromatic carbocycles. The summed E-state index contributed by atoms with van der Waals surface area (Å²) in [7, 11) is 1.28. The highest BCUT2D eigenvalue weighted by Gasteiger charge is 2.32. The SMILES string of the molecule is COC(=O)C1=C(C)NC(c2ncoc2C)=N[C@@H]1c1ccc(F)cc1Cl. The monoisotopic (exact) mass is 363 g/mol. The summed E-state index contributed by atoms with van der Waals surface area (Å²) in [4.78, 5) is 21.0. The predicted molar refractivity (Wildman–Crippen MR) is 89.8 cm³/mol. The molecule has 8 heteroatoms. The normalized spacial score (nSPS) is 17.2. The average Bonchev–Trinajstić information content (AvgIpc) is 2.99. The van der Waals surface area contributed by atoms with Gasteiger partial charge >= 0.3 is 5.97 Å². The molecule has 0 unspecified atom stereocenters. The van der Waals surface area contributed by atoms with Gasteiger partial charge in [-0.1, -0.05) is 17.7 Å². The van der Waals surface area contributed by atoms with Gasteiger partial charge in [0.1, 0.15) is 23.3 Å². The highest BCUT2D eigenvalue weighted by Crippen LogP contribution is 2.36. The first kappa shape index (κ1) is 17.2. The minimum Gasteiger partial charge on any atom is -0.466 e. The van der Waals surface area contributed by atoms with Crippen LogP contribution in [0.3, 0.4) is 0 Å². The summed E-state index contributed by atoms with van der Waals surface area (Å²) in [5.41, 5.74) is 1.85. The van der Waals surface area contributed by atoms with Crippen molar-refractivity contribution >= 4 is 23.4 Å². The molecule has 1 N–H and O–H groups in total. The number of methoxy groups -OCH3 is 1. The number of halogens is 2. The number of benzene rings is 1. The van der Waals surface area contributed by atoms with Gasteiger partial charge in [-0.15, -0.1) is 0 Å². The van der Waals surface area contributed by atoms with Gasteiger partial charge in [-0.2, -0.15) is 0 Å². The number of carbonyl (C=O) groups is 1. The van der Waals surface area contributed by atoms with E-state index in [2.05, 4.69) is 15.3 Å². The molecule has 25 heavy (non-hydrogen) atoms. The van der Waals surface area contributed by atoms with Crippen molar-refractivity contribution < 1.29 is 18.3 Å². The molecular weight excluding hydrogens is 349 g/mol. The number of carbonyl (C=O) groups excluding carboxylic acids is 1. The van der Waals surface area contributed by atoms with Gasteiger partial charge in [-0.3, -0.25) is 4.99 Å². The second-order valence-electron chi connectivity index (χ2n) is 5.46. The Morgan fingerprint density at radius 1 is 1.40 bits per heavy atom. The second kappa shape index (κ2) is 6.68. The maximum Gasteiger partial charge on any atom is 0.338 e. The molecule has 0 spiro atoms. The molecule has 0 amide bonds. The lowest BCUT2D eigenvalue weighted by Gasteiger charge is -2.25. The van der Waals surface area contributed by atoms with Crippen LogP contribution in [0.25, 0.3) is 0 Å². The molecule has 0 saturated heterocycles. The van der Waals surface area contributed by atoms with Gasteiger partial charge in [-0.25, -0.2) is 14.2 Å². The largest absolute Gasteiger partial charge is 0.466 e. The number of ether oxygens (including phenoxy) is 1. The summed E-state index contributed by atoms with van der Waals surface area (Å²) in [6, 6.07) is 3.19. The molecule has 0 bridgehead atoms. The fourth-order valence-electron chi connectivity index (χ4n) is 2.65. The van der Waals surface area contributed by atoms with Crippen molar-refractivity contribution in [3.63, 3.8) is 0 Å². The Kier molecular flexibility index (Phi) is 4.59. The lowest BCUT2D eigenvalue weighted by Crippen LogP contribution is -2.33. The highest BCUT2D eigenvalue weighted by molar-refractivity contribution is 6.31. The number of aliphatic imine (C=N–C) groups is 1. The Labute approximate surface area is 148 Å². The number of allylic oxidation sites excluding steroid dienone is 1. The van der Waals surface area contributed by atoms with Crippen LogP contribution in [-0.2, 0) is 9.53 Å². The van der Waals surface area contributed by atoms with Crippen molar-refractivity contribution in [2.45, 2.75) is 19.9 Å². The molecule has 1 aromatic heterocycles. The van der Waals surface area contributed by atoms with E-state index in [-0.39, 0.29) is 5.02 Å². The minimum absolute atomic E-state index is 0.168. The van der Waals surface area contributed by atoms with Crippen LogP contribution in [0.1, 0.15) is 30.0 Å². The van der Waals surface area contributed by atoms with Crippen LogP contribution in [0.2, 0.25) is 5.02 Å². The molecule has 2 aromatic rings. The van der Waals surface area contributed by atoms with E-state index in [9.17, 15) is 9.18 Å². The van der Waals surface area contributed by atoms with Gasteiger partial charge in [0.05, 0.1) is 12.7 Å². The maximum absolute atomic E-state index is 13.4. The second-order valence-corrected chi connectivity index (χ2v) is 5.87. The van der Waals surface area contributed by atoms with E-state index in [1.165, 1.54) is 31.7 Å². The zero-order valence-corrected chi connectivity index (χ0v) is 14.5. The van der Waals surface area contributed by atoms with Crippen molar-refractivity contribution in [2.75, 3.05) is 7.11 Å². The summed E-state index contributed by atoms with van der Waals surface area (Å²) in [5, 5.41) is 3.21. The first-order chi connectivity index (χ1) is 11.9. The third-order valence-electron chi connectivity index (χ3n) is 3.87. The smallest absolute Gasteiger partial charge is 0.338 e. The Balaban J connectivity index is 2.16. The van der Waals surface area contributed by atoms with Crippen molar-refractivity contribution in [1.82, 2.24) is 10.3 Å². The molecule has 6 nitrogen and oxygen atoms in total. The number of aryl methyl sites for hydroxylation is 1. The van der Waals surface area contributed by atoms with Gasteiger partial charge < -0.3 is 14.5 Å². The number of esters is 1. The first-order valence-electron chi connectivity index (χ1n) is 7.41. The molecular formula is C17H15ClFN3O3. The topological polar surface area (TPSA) is 76.7 Å². The van der Waals surface area contributed by atoms with Crippen LogP contribution >= 0.6 is 11.6 Å². The zero-order chi connectivity index (χ0) is 18.1. The Morgan fingerprint density at radius 2 is 2.16 bits per heavy atom. The molecule has 2 heterocycles.